The van der Waals surface area contributed by atoms with Crippen LogP contribution in [0.3, 0.4) is 0 Å². The fraction of sp³-hybridized carbons (Fsp3) is 0.500. The van der Waals surface area contributed by atoms with Gasteiger partial charge in [-0.3, -0.25) is 0 Å². The van der Waals surface area contributed by atoms with E-state index in [0.29, 0.717) is 0 Å². The van der Waals surface area contributed by atoms with Crippen LogP contribution in [0.4, 0.5) is 0 Å². The molecule has 0 spiro atoms. The molecule has 9 heavy (non-hydrogen) atoms. The summed E-state index contributed by atoms with van der Waals surface area (Å²) in [5.41, 5.74) is 6.99. The quantitative estimate of drug-likeness (QED) is 0.480. The average Bonchev–Trinajstić information content (AvgIpc) is 1.63. The molecule has 0 rings (SSSR count). The van der Waals surface area contributed by atoms with Gasteiger partial charge in [-0.2, -0.15) is 0 Å². The molecular weight excluding hydrogens is 110 g/mol. The van der Waals surface area contributed by atoms with Crippen molar-refractivity contribution in [1.82, 2.24) is 4.90 Å². The fourth-order valence-corrected chi connectivity index (χ4v) is 0.306. The van der Waals surface area contributed by atoms with Crippen LogP contribution in [0.15, 0.2) is 23.2 Å². The van der Waals surface area contributed by atoms with Gasteiger partial charge in [0.05, 0.1) is 6.20 Å². The Balaban J connectivity index is 4.13. The summed E-state index contributed by atoms with van der Waals surface area (Å²) in [6.07, 6.45) is 1.84. The molecule has 0 bridgehead atoms. The van der Waals surface area contributed by atoms with Crippen molar-refractivity contribution in [2.75, 3.05) is 14.1 Å². The second kappa shape index (κ2) is 4.03. The van der Waals surface area contributed by atoms with Crippen molar-refractivity contribution in [1.29, 1.82) is 0 Å². The van der Waals surface area contributed by atoms with Crippen LogP contribution >= 0.6 is 0 Å². The second-order valence-electron chi connectivity index (χ2n) is 2.36. The normalized spacial score (nSPS) is 7.11. The Morgan fingerprint density at radius 3 is 2.22 bits per heavy atom. The summed E-state index contributed by atoms with van der Waals surface area (Å²) in [7, 11) is 3.92. The smallest absolute Gasteiger partial charge is 0.0503 e. The first-order chi connectivity index (χ1) is 4.13. The highest BCUT2D eigenvalue weighted by Crippen LogP contribution is 1.81. The van der Waals surface area contributed by atoms with E-state index in [1.54, 1.807) is 0 Å². The fourth-order valence-electron chi connectivity index (χ4n) is 0.306. The van der Waals surface area contributed by atoms with Crippen molar-refractivity contribution in [3.05, 3.63) is 23.2 Å². The summed E-state index contributed by atoms with van der Waals surface area (Å²) < 4.78 is 0. The lowest BCUT2D eigenvalue weighted by Gasteiger charge is -1.97. The molecule has 0 unspecified atom stereocenters. The maximum absolute atomic E-state index is 2.95. The molecule has 0 saturated heterocycles. The Hall–Kier alpha value is -0.900. The van der Waals surface area contributed by atoms with E-state index in [9.17, 15) is 0 Å². The van der Waals surface area contributed by atoms with Crippen LogP contribution in [-0.2, 0) is 0 Å². The minimum absolute atomic E-state index is 1.15. The van der Waals surface area contributed by atoms with Crippen LogP contribution in [0, 0.1) is 0 Å². The van der Waals surface area contributed by atoms with Gasteiger partial charge in [0, 0.05) is 14.1 Å². The van der Waals surface area contributed by atoms with Gasteiger partial charge in [-0.15, -0.1) is 0 Å². The maximum atomic E-state index is 2.95. The topological polar surface area (TPSA) is 3.24 Å². The highest BCUT2D eigenvalue weighted by molar-refractivity contribution is 4.93. The molecule has 0 aromatic heterocycles. The SMILES string of the molecule is CC(C)=C=C=CN(C)C. The zero-order chi connectivity index (χ0) is 7.28. The molecule has 0 N–H and O–H groups in total. The molecule has 0 aliphatic heterocycles. The summed E-state index contributed by atoms with van der Waals surface area (Å²) in [4.78, 5) is 1.93. The third-order valence-corrected chi connectivity index (χ3v) is 0.645. The lowest BCUT2D eigenvalue weighted by atomic mass is 10.4. The first-order valence-corrected chi connectivity index (χ1v) is 2.94. The van der Waals surface area contributed by atoms with Crippen LogP contribution in [0.25, 0.3) is 0 Å². The van der Waals surface area contributed by atoms with Gasteiger partial charge in [0.25, 0.3) is 0 Å². The van der Waals surface area contributed by atoms with Gasteiger partial charge in [-0.1, -0.05) is 11.5 Å². The summed E-state index contributed by atoms with van der Waals surface area (Å²) in [5, 5.41) is 0. The molecule has 50 valence electrons. The van der Waals surface area contributed by atoms with E-state index in [4.69, 9.17) is 0 Å². The zero-order valence-corrected chi connectivity index (χ0v) is 6.52. The Labute approximate surface area is 57.0 Å². The minimum Gasteiger partial charge on any atom is -0.377 e. The monoisotopic (exact) mass is 123 g/mol. The first kappa shape index (κ1) is 8.10. The second-order valence-corrected chi connectivity index (χ2v) is 2.36. The van der Waals surface area contributed by atoms with Crippen LogP contribution < -0.4 is 0 Å². The molecule has 0 aliphatic carbocycles. The summed E-state index contributed by atoms with van der Waals surface area (Å²) in [6.45, 7) is 3.99. The molecular formula is C8H13N. The standard InChI is InChI=1S/C8H13N/c1-8(2)6-5-7-9(3)4/h7H,1-4H3. The van der Waals surface area contributed by atoms with Gasteiger partial charge in [0.2, 0.25) is 0 Å². The van der Waals surface area contributed by atoms with Gasteiger partial charge in [0.15, 0.2) is 0 Å². The number of nitrogens with zero attached hydrogens (tertiary/aromatic N) is 1. The van der Waals surface area contributed by atoms with Gasteiger partial charge in [0.1, 0.15) is 0 Å². The van der Waals surface area contributed by atoms with E-state index < -0.39 is 0 Å². The first-order valence-electron chi connectivity index (χ1n) is 2.94. The average molecular weight is 123 g/mol. The van der Waals surface area contributed by atoms with Gasteiger partial charge in [-0.05, 0) is 19.4 Å². The molecule has 0 aromatic carbocycles. The third kappa shape index (κ3) is 7.10. The number of allylic oxidation sites excluding steroid dienone is 1. The lowest BCUT2D eigenvalue weighted by Crippen LogP contribution is -1.98. The summed E-state index contributed by atoms with van der Waals surface area (Å²) in [6, 6.07) is 0. The molecule has 0 saturated carbocycles. The number of hydrogen-bond donors (Lipinski definition) is 0. The van der Waals surface area contributed by atoms with Crippen molar-refractivity contribution in [2.45, 2.75) is 13.8 Å². The lowest BCUT2D eigenvalue weighted by molar-refractivity contribution is 0.565. The third-order valence-electron chi connectivity index (χ3n) is 0.645. The Morgan fingerprint density at radius 1 is 1.33 bits per heavy atom. The van der Waals surface area contributed by atoms with Crippen molar-refractivity contribution < 1.29 is 0 Å². The number of hydrogen-bond acceptors (Lipinski definition) is 1. The maximum Gasteiger partial charge on any atom is 0.0503 e. The van der Waals surface area contributed by atoms with Crippen molar-refractivity contribution in [2.24, 2.45) is 0 Å². The molecule has 1 heteroatoms. The van der Waals surface area contributed by atoms with Gasteiger partial charge in [-0.25, -0.2) is 0 Å². The molecule has 0 amide bonds. The van der Waals surface area contributed by atoms with E-state index in [1.807, 2.05) is 39.0 Å². The minimum atomic E-state index is 1.15. The van der Waals surface area contributed by atoms with Crippen LogP contribution in [0.5, 0.6) is 0 Å². The largest absolute Gasteiger partial charge is 0.377 e. The van der Waals surface area contributed by atoms with E-state index >= 15 is 0 Å². The van der Waals surface area contributed by atoms with Gasteiger partial charge >= 0.3 is 0 Å². The van der Waals surface area contributed by atoms with E-state index in [0.717, 1.165) is 5.57 Å². The Bertz CT molecular complexity index is 161. The van der Waals surface area contributed by atoms with Crippen LogP contribution in [0.2, 0.25) is 0 Å². The highest BCUT2D eigenvalue weighted by atomic mass is 15.0. The van der Waals surface area contributed by atoms with Crippen molar-refractivity contribution >= 4 is 0 Å². The van der Waals surface area contributed by atoms with Gasteiger partial charge < -0.3 is 4.90 Å². The molecule has 0 fully saturated rings. The van der Waals surface area contributed by atoms with Crippen LogP contribution in [0.1, 0.15) is 13.8 Å². The summed E-state index contributed by atoms with van der Waals surface area (Å²) >= 11 is 0. The summed E-state index contributed by atoms with van der Waals surface area (Å²) in [5.74, 6) is 0. The predicted octanol–water partition coefficient (Wildman–Crippen LogP) is 1.78. The highest BCUT2D eigenvalue weighted by Gasteiger charge is 1.68. The zero-order valence-electron chi connectivity index (χ0n) is 6.52. The molecule has 1 nitrogen and oxygen atoms in total. The predicted molar refractivity (Wildman–Crippen MR) is 40.1 cm³/mol. The molecule has 0 atom stereocenters. The van der Waals surface area contributed by atoms with E-state index in [1.165, 1.54) is 0 Å². The number of rotatable bonds is 1. The molecule has 0 heterocycles. The van der Waals surface area contributed by atoms with Crippen molar-refractivity contribution in [3.8, 4) is 0 Å². The van der Waals surface area contributed by atoms with E-state index in [-0.39, 0.29) is 0 Å². The van der Waals surface area contributed by atoms with E-state index in [2.05, 4.69) is 11.5 Å². The molecule has 0 radical (unpaired) electrons. The Morgan fingerprint density at radius 2 is 1.89 bits per heavy atom. The molecule has 0 aliphatic rings. The Kier molecular flexibility index (Phi) is 3.62. The van der Waals surface area contributed by atoms with Crippen molar-refractivity contribution in [3.63, 3.8) is 0 Å². The molecule has 0 aromatic rings. The van der Waals surface area contributed by atoms with Crippen LogP contribution in [-0.4, -0.2) is 19.0 Å².